The summed E-state index contributed by atoms with van der Waals surface area (Å²) in [7, 11) is 0. The molecule has 5 nitrogen and oxygen atoms in total. The summed E-state index contributed by atoms with van der Waals surface area (Å²) in [5.41, 5.74) is 12.1. The predicted octanol–water partition coefficient (Wildman–Crippen LogP) is 11.1. The molecular formula is C46H32N4O. The highest BCUT2D eigenvalue weighted by atomic mass is 16.1. The summed E-state index contributed by atoms with van der Waals surface area (Å²) in [5.74, 6) is 0.479. The van der Waals surface area contributed by atoms with Crippen LogP contribution in [-0.2, 0) is 0 Å². The van der Waals surface area contributed by atoms with Crippen LogP contribution in [0, 0.1) is 0 Å². The van der Waals surface area contributed by atoms with E-state index in [0.29, 0.717) is 11.4 Å². The van der Waals surface area contributed by atoms with Crippen LogP contribution in [0.25, 0.3) is 67.3 Å². The maximum Gasteiger partial charge on any atom is 0.255 e. The molecule has 2 heterocycles. The second-order valence-corrected chi connectivity index (χ2v) is 12.1. The van der Waals surface area contributed by atoms with Crippen LogP contribution in [0.15, 0.2) is 188 Å². The Morgan fingerprint density at radius 3 is 1.57 bits per heavy atom. The Morgan fingerprint density at radius 1 is 0.412 bits per heavy atom. The summed E-state index contributed by atoms with van der Waals surface area (Å²) in [4.78, 5) is 27.5. The minimum Gasteiger partial charge on any atom is -0.321 e. The molecule has 8 rings (SSSR count). The van der Waals surface area contributed by atoms with Crippen molar-refractivity contribution in [3.8, 4) is 67.3 Å². The van der Waals surface area contributed by atoms with Crippen molar-refractivity contribution in [2.75, 3.05) is 5.32 Å². The quantitative estimate of drug-likeness (QED) is 0.177. The van der Waals surface area contributed by atoms with Crippen LogP contribution in [0.3, 0.4) is 0 Å². The smallest absolute Gasteiger partial charge is 0.255 e. The zero-order chi connectivity index (χ0) is 34.4. The molecule has 0 fully saturated rings. The number of carbonyl (C=O) groups is 1. The lowest BCUT2D eigenvalue weighted by Gasteiger charge is -2.17. The van der Waals surface area contributed by atoms with E-state index in [4.69, 9.17) is 9.97 Å². The summed E-state index contributed by atoms with van der Waals surface area (Å²) >= 11 is 0. The molecule has 0 saturated heterocycles. The van der Waals surface area contributed by atoms with Gasteiger partial charge in [-0.3, -0.25) is 9.78 Å². The minimum atomic E-state index is -0.199. The minimum absolute atomic E-state index is 0.199. The number of anilines is 1. The molecule has 6 aromatic carbocycles. The first-order valence-electron chi connectivity index (χ1n) is 16.8. The Labute approximate surface area is 297 Å². The van der Waals surface area contributed by atoms with Crippen LogP contribution < -0.4 is 5.32 Å². The van der Waals surface area contributed by atoms with Gasteiger partial charge in [0, 0.05) is 45.9 Å². The summed E-state index contributed by atoms with van der Waals surface area (Å²) in [5, 5.41) is 3.21. The van der Waals surface area contributed by atoms with Crippen LogP contribution in [0.5, 0.6) is 0 Å². The van der Waals surface area contributed by atoms with Gasteiger partial charge in [0.25, 0.3) is 5.91 Å². The summed E-state index contributed by atoms with van der Waals surface area (Å²) in [6.45, 7) is 0. The van der Waals surface area contributed by atoms with Crippen molar-refractivity contribution in [3.05, 3.63) is 194 Å². The molecule has 0 aliphatic rings. The van der Waals surface area contributed by atoms with Gasteiger partial charge in [0.1, 0.15) is 0 Å². The van der Waals surface area contributed by atoms with E-state index in [1.54, 1.807) is 24.5 Å². The van der Waals surface area contributed by atoms with Gasteiger partial charge in [-0.15, -0.1) is 0 Å². The van der Waals surface area contributed by atoms with Crippen LogP contribution in [0.2, 0.25) is 0 Å². The second kappa shape index (κ2) is 14.2. The highest BCUT2D eigenvalue weighted by Crippen LogP contribution is 2.39. The number of nitrogens with zero attached hydrogens (tertiary/aromatic N) is 3. The Morgan fingerprint density at radius 2 is 0.922 bits per heavy atom. The third-order valence-electron chi connectivity index (χ3n) is 8.85. The molecule has 1 N–H and O–H groups in total. The first-order valence-corrected chi connectivity index (χ1v) is 16.8. The maximum atomic E-state index is 13.5. The number of nitrogens with one attached hydrogen (secondary N) is 1. The molecule has 2 aromatic heterocycles. The fraction of sp³-hybridized carbons (Fsp3) is 0. The van der Waals surface area contributed by atoms with Crippen molar-refractivity contribution < 1.29 is 4.79 Å². The van der Waals surface area contributed by atoms with E-state index in [1.165, 1.54) is 0 Å². The molecule has 0 aliphatic heterocycles. The number of aromatic nitrogens is 3. The van der Waals surface area contributed by atoms with Crippen molar-refractivity contribution in [2.24, 2.45) is 0 Å². The third-order valence-corrected chi connectivity index (χ3v) is 8.85. The molecule has 0 atom stereocenters. The summed E-state index contributed by atoms with van der Waals surface area (Å²) in [6, 6.07) is 59.0. The van der Waals surface area contributed by atoms with Crippen molar-refractivity contribution in [2.45, 2.75) is 0 Å². The van der Waals surface area contributed by atoms with Crippen molar-refractivity contribution >= 4 is 11.6 Å². The highest BCUT2D eigenvalue weighted by molar-refractivity contribution is 6.07. The summed E-state index contributed by atoms with van der Waals surface area (Å²) in [6.07, 6.45) is 3.25. The van der Waals surface area contributed by atoms with Gasteiger partial charge in [-0.05, 0) is 52.1 Å². The molecule has 1 amide bonds. The average Bonchev–Trinajstić information content (AvgIpc) is 3.22. The topological polar surface area (TPSA) is 67.8 Å². The predicted molar refractivity (Wildman–Crippen MR) is 207 cm³/mol. The van der Waals surface area contributed by atoms with Crippen molar-refractivity contribution in [3.63, 3.8) is 0 Å². The van der Waals surface area contributed by atoms with Gasteiger partial charge >= 0.3 is 0 Å². The lowest BCUT2D eigenvalue weighted by Crippen LogP contribution is -2.12. The second-order valence-electron chi connectivity index (χ2n) is 12.1. The first kappa shape index (κ1) is 31.3. The average molecular weight is 657 g/mol. The number of pyridine rings is 1. The van der Waals surface area contributed by atoms with Crippen LogP contribution in [0.1, 0.15) is 10.4 Å². The zero-order valence-electron chi connectivity index (χ0n) is 27.6. The molecule has 0 aliphatic carbocycles. The SMILES string of the molecule is O=C(Nc1cc(-c2ccc(-c3cc(-c4ccccc4)nc(-c4ccccc4)n3)cc2)ccc1-c1ccccc1-c1ccccc1)c1ccncc1. The molecule has 0 bridgehead atoms. The van der Waals surface area contributed by atoms with E-state index >= 15 is 0 Å². The van der Waals surface area contributed by atoms with Gasteiger partial charge < -0.3 is 5.32 Å². The van der Waals surface area contributed by atoms with E-state index in [-0.39, 0.29) is 5.91 Å². The largest absolute Gasteiger partial charge is 0.321 e. The molecule has 0 unspecified atom stereocenters. The van der Waals surface area contributed by atoms with E-state index in [0.717, 1.165) is 67.1 Å². The van der Waals surface area contributed by atoms with Crippen LogP contribution in [-0.4, -0.2) is 20.9 Å². The Kier molecular flexibility index (Phi) is 8.74. The van der Waals surface area contributed by atoms with E-state index < -0.39 is 0 Å². The summed E-state index contributed by atoms with van der Waals surface area (Å²) < 4.78 is 0. The Bertz CT molecular complexity index is 2370. The number of hydrogen-bond donors (Lipinski definition) is 1. The molecule has 0 spiro atoms. The van der Waals surface area contributed by atoms with Gasteiger partial charge in [-0.25, -0.2) is 9.97 Å². The fourth-order valence-electron chi connectivity index (χ4n) is 6.25. The Balaban J connectivity index is 1.19. The van der Waals surface area contributed by atoms with Gasteiger partial charge in [-0.2, -0.15) is 0 Å². The Hall–Kier alpha value is -6.98. The number of amides is 1. The van der Waals surface area contributed by atoms with Crippen LogP contribution >= 0.6 is 0 Å². The maximum absolute atomic E-state index is 13.5. The van der Waals surface area contributed by atoms with Crippen molar-refractivity contribution in [1.82, 2.24) is 15.0 Å². The van der Waals surface area contributed by atoms with E-state index in [9.17, 15) is 4.79 Å². The normalized spacial score (nSPS) is 10.8. The van der Waals surface area contributed by atoms with Gasteiger partial charge in [0.15, 0.2) is 5.82 Å². The third kappa shape index (κ3) is 6.82. The first-order chi connectivity index (χ1) is 25.2. The van der Waals surface area contributed by atoms with Gasteiger partial charge in [0.05, 0.1) is 11.4 Å². The number of hydrogen-bond acceptors (Lipinski definition) is 4. The lowest BCUT2D eigenvalue weighted by atomic mass is 9.91. The van der Waals surface area contributed by atoms with Crippen molar-refractivity contribution in [1.29, 1.82) is 0 Å². The van der Waals surface area contributed by atoms with E-state index in [2.05, 4.69) is 89.2 Å². The molecule has 0 radical (unpaired) electrons. The number of carbonyl (C=O) groups excluding carboxylic acids is 1. The monoisotopic (exact) mass is 656 g/mol. The van der Waals surface area contributed by atoms with Crippen LogP contribution in [0.4, 0.5) is 5.69 Å². The molecule has 242 valence electrons. The van der Waals surface area contributed by atoms with E-state index in [1.807, 2.05) is 84.9 Å². The zero-order valence-corrected chi connectivity index (χ0v) is 27.6. The lowest BCUT2D eigenvalue weighted by molar-refractivity contribution is 0.102. The number of benzene rings is 6. The molecule has 51 heavy (non-hydrogen) atoms. The highest BCUT2D eigenvalue weighted by Gasteiger charge is 2.16. The number of rotatable bonds is 8. The fourth-order valence-corrected chi connectivity index (χ4v) is 6.25. The standard InChI is InChI=1S/C46H32N4O/c51-46(37-26-28-47-29-27-37)50-44-30-38(24-25-41(44)40-19-11-10-18-39(40)33-12-4-1-5-13-33)32-20-22-35(23-21-32)43-31-42(34-14-6-2-7-15-34)48-45(49-43)36-16-8-3-9-17-36/h1-31H,(H,50,51). The van der Waals surface area contributed by atoms with Gasteiger partial charge in [0.2, 0.25) is 0 Å². The molecular weight excluding hydrogens is 625 g/mol. The molecule has 0 saturated carbocycles. The van der Waals surface area contributed by atoms with Gasteiger partial charge in [-0.1, -0.05) is 152 Å². The molecule has 8 aromatic rings. The molecule has 5 heteroatoms.